The van der Waals surface area contributed by atoms with Gasteiger partial charge in [0.1, 0.15) is 5.82 Å². The van der Waals surface area contributed by atoms with E-state index in [2.05, 4.69) is 49.0 Å². The predicted octanol–water partition coefficient (Wildman–Crippen LogP) is 2.74. The van der Waals surface area contributed by atoms with Gasteiger partial charge in [0.25, 0.3) is 0 Å². The van der Waals surface area contributed by atoms with Crippen molar-refractivity contribution < 1.29 is 0 Å². The molecule has 0 saturated carbocycles. The van der Waals surface area contributed by atoms with Gasteiger partial charge in [0, 0.05) is 17.8 Å². The van der Waals surface area contributed by atoms with Gasteiger partial charge < -0.3 is 16.0 Å². The zero-order valence-electron chi connectivity index (χ0n) is 13.4. The van der Waals surface area contributed by atoms with Crippen molar-refractivity contribution in [2.24, 2.45) is 0 Å². The predicted molar refractivity (Wildman–Crippen MR) is 86.8 cm³/mol. The zero-order valence-corrected chi connectivity index (χ0v) is 13.4. The van der Waals surface area contributed by atoms with Crippen LogP contribution in [0.3, 0.4) is 0 Å². The summed E-state index contributed by atoms with van der Waals surface area (Å²) in [6.07, 6.45) is 4.03. The van der Waals surface area contributed by atoms with E-state index in [0.717, 1.165) is 44.6 Å². The molecule has 4 heteroatoms. The van der Waals surface area contributed by atoms with E-state index < -0.39 is 0 Å². The molecule has 4 nitrogen and oxygen atoms in total. The lowest BCUT2D eigenvalue weighted by atomic mass is 10.0. The summed E-state index contributed by atoms with van der Waals surface area (Å²) in [5.74, 6) is 0.656. The summed E-state index contributed by atoms with van der Waals surface area (Å²) in [5, 5.41) is 3.61. The standard InChI is InChI=1S/C16H30N4/c1-5-9-18-15(8-10-20(6-2)7-3)14-11-13(4)12-19-16(14)17/h11-12,15,18H,5-10H2,1-4H3,(H2,17,19). The second kappa shape index (κ2) is 8.93. The summed E-state index contributed by atoms with van der Waals surface area (Å²) in [7, 11) is 0. The quantitative estimate of drug-likeness (QED) is 0.729. The van der Waals surface area contributed by atoms with Crippen LogP contribution in [0.15, 0.2) is 12.3 Å². The van der Waals surface area contributed by atoms with E-state index >= 15 is 0 Å². The van der Waals surface area contributed by atoms with Gasteiger partial charge in [-0.25, -0.2) is 4.98 Å². The number of nitrogens with two attached hydrogens (primary N) is 1. The third kappa shape index (κ3) is 5.10. The third-order valence-electron chi connectivity index (χ3n) is 3.73. The van der Waals surface area contributed by atoms with Gasteiger partial charge in [-0.2, -0.15) is 0 Å². The first-order chi connectivity index (χ1) is 9.62. The molecule has 1 aromatic heterocycles. The third-order valence-corrected chi connectivity index (χ3v) is 3.73. The largest absolute Gasteiger partial charge is 0.383 e. The van der Waals surface area contributed by atoms with Crippen molar-refractivity contribution >= 4 is 5.82 Å². The number of pyridine rings is 1. The fourth-order valence-electron chi connectivity index (χ4n) is 2.42. The normalized spacial score (nSPS) is 12.8. The number of nitrogens with zero attached hydrogens (tertiary/aromatic N) is 2. The van der Waals surface area contributed by atoms with Crippen molar-refractivity contribution in [1.82, 2.24) is 15.2 Å². The number of aromatic nitrogens is 1. The minimum absolute atomic E-state index is 0.294. The molecule has 0 saturated heterocycles. The van der Waals surface area contributed by atoms with Crippen molar-refractivity contribution in [3.63, 3.8) is 0 Å². The van der Waals surface area contributed by atoms with Crippen LogP contribution in [0.1, 0.15) is 50.8 Å². The molecule has 0 spiro atoms. The van der Waals surface area contributed by atoms with Gasteiger partial charge in [-0.15, -0.1) is 0 Å². The number of aryl methyl sites for hydroxylation is 1. The Hall–Kier alpha value is -1.13. The number of hydrogen-bond donors (Lipinski definition) is 2. The van der Waals surface area contributed by atoms with Crippen molar-refractivity contribution in [1.29, 1.82) is 0 Å². The Balaban J connectivity index is 2.79. The van der Waals surface area contributed by atoms with Crippen LogP contribution >= 0.6 is 0 Å². The number of hydrogen-bond acceptors (Lipinski definition) is 4. The van der Waals surface area contributed by atoms with Gasteiger partial charge in [0.2, 0.25) is 0 Å². The van der Waals surface area contributed by atoms with Crippen LogP contribution in [0, 0.1) is 6.92 Å². The summed E-state index contributed by atoms with van der Waals surface area (Å²) in [5.41, 5.74) is 8.38. The van der Waals surface area contributed by atoms with Crippen LogP contribution in [0.4, 0.5) is 5.82 Å². The maximum absolute atomic E-state index is 6.07. The van der Waals surface area contributed by atoms with Gasteiger partial charge in [0.15, 0.2) is 0 Å². The van der Waals surface area contributed by atoms with E-state index in [1.165, 1.54) is 5.56 Å². The fourth-order valence-corrected chi connectivity index (χ4v) is 2.42. The lowest BCUT2D eigenvalue weighted by Gasteiger charge is -2.24. The molecule has 0 radical (unpaired) electrons. The second-order valence-corrected chi connectivity index (χ2v) is 5.31. The molecule has 0 aliphatic carbocycles. The average Bonchev–Trinajstić information content (AvgIpc) is 2.46. The van der Waals surface area contributed by atoms with Crippen molar-refractivity contribution in [3.8, 4) is 0 Å². The molecule has 20 heavy (non-hydrogen) atoms. The Bertz CT molecular complexity index is 388. The van der Waals surface area contributed by atoms with Crippen LogP contribution in [-0.4, -0.2) is 36.1 Å². The molecule has 1 heterocycles. The molecule has 0 aliphatic rings. The summed E-state index contributed by atoms with van der Waals surface area (Å²) in [6.45, 7) is 13.0. The maximum atomic E-state index is 6.07. The molecule has 1 atom stereocenters. The molecule has 0 fully saturated rings. The molecule has 3 N–H and O–H groups in total. The number of anilines is 1. The second-order valence-electron chi connectivity index (χ2n) is 5.31. The Kier molecular flexibility index (Phi) is 7.55. The Morgan fingerprint density at radius 2 is 2.00 bits per heavy atom. The Morgan fingerprint density at radius 1 is 1.30 bits per heavy atom. The molecule has 0 amide bonds. The van der Waals surface area contributed by atoms with Crippen molar-refractivity contribution in [2.75, 3.05) is 31.9 Å². The van der Waals surface area contributed by atoms with E-state index in [1.54, 1.807) is 0 Å². The van der Waals surface area contributed by atoms with Gasteiger partial charge in [-0.3, -0.25) is 0 Å². The first kappa shape index (κ1) is 16.9. The average molecular weight is 278 g/mol. The highest BCUT2D eigenvalue weighted by atomic mass is 15.1. The lowest BCUT2D eigenvalue weighted by molar-refractivity contribution is 0.282. The number of nitrogen functional groups attached to an aromatic ring is 1. The minimum Gasteiger partial charge on any atom is -0.383 e. The van der Waals surface area contributed by atoms with E-state index in [1.807, 2.05) is 6.20 Å². The first-order valence-electron chi connectivity index (χ1n) is 7.80. The summed E-state index contributed by atoms with van der Waals surface area (Å²) < 4.78 is 0. The molecular formula is C16H30N4. The van der Waals surface area contributed by atoms with Gasteiger partial charge in [0.05, 0.1) is 0 Å². The lowest BCUT2D eigenvalue weighted by Crippen LogP contribution is -2.30. The minimum atomic E-state index is 0.294. The van der Waals surface area contributed by atoms with Gasteiger partial charge >= 0.3 is 0 Å². The van der Waals surface area contributed by atoms with E-state index in [4.69, 9.17) is 5.73 Å². The van der Waals surface area contributed by atoms with Crippen molar-refractivity contribution in [2.45, 2.75) is 46.6 Å². The Labute approximate surface area is 123 Å². The van der Waals surface area contributed by atoms with Gasteiger partial charge in [-0.05, 0) is 57.6 Å². The Morgan fingerprint density at radius 3 is 2.60 bits per heavy atom. The molecule has 0 bridgehead atoms. The van der Waals surface area contributed by atoms with Crippen LogP contribution < -0.4 is 11.1 Å². The topological polar surface area (TPSA) is 54.2 Å². The monoisotopic (exact) mass is 278 g/mol. The molecule has 0 aliphatic heterocycles. The van der Waals surface area contributed by atoms with Gasteiger partial charge in [-0.1, -0.05) is 20.8 Å². The van der Waals surface area contributed by atoms with Crippen LogP contribution in [0.5, 0.6) is 0 Å². The van der Waals surface area contributed by atoms with Crippen LogP contribution in [-0.2, 0) is 0 Å². The van der Waals surface area contributed by atoms with E-state index in [0.29, 0.717) is 11.9 Å². The highest BCUT2D eigenvalue weighted by Crippen LogP contribution is 2.23. The summed E-state index contributed by atoms with van der Waals surface area (Å²) in [6, 6.07) is 2.46. The van der Waals surface area contributed by atoms with Crippen LogP contribution in [0.2, 0.25) is 0 Å². The molecule has 1 rings (SSSR count). The highest BCUT2D eigenvalue weighted by Gasteiger charge is 2.15. The molecule has 1 aromatic rings. The summed E-state index contributed by atoms with van der Waals surface area (Å²) >= 11 is 0. The SMILES string of the molecule is CCCNC(CCN(CC)CC)c1cc(C)cnc1N. The van der Waals surface area contributed by atoms with Crippen LogP contribution in [0.25, 0.3) is 0 Å². The van der Waals surface area contributed by atoms with Crippen molar-refractivity contribution in [3.05, 3.63) is 23.4 Å². The zero-order chi connectivity index (χ0) is 15.0. The molecule has 1 unspecified atom stereocenters. The van der Waals surface area contributed by atoms with E-state index in [9.17, 15) is 0 Å². The summed E-state index contributed by atoms with van der Waals surface area (Å²) in [4.78, 5) is 6.74. The maximum Gasteiger partial charge on any atom is 0.128 e. The smallest absolute Gasteiger partial charge is 0.128 e. The first-order valence-corrected chi connectivity index (χ1v) is 7.80. The number of nitrogens with one attached hydrogen (secondary N) is 1. The molecular weight excluding hydrogens is 248 g/mol. The number of rotatable bonds is 9. The molecule has 114 valence electrons. The molecule has 0 aromatic carbocycles. The highest BCUT2D eigenvalue weighted by molar-refractivity contribution is 5.43. The van der Waals surface area contributed by atoms with E-state index in [-0.39, 0.29) is 0 Å². The fraction of sp³-hybridized carbons (Fsp3) is 0.688.